The molecule has 1 aliphatic rings. The van der Waals surface area contributed by atoms with Crippen LogP contribution in [0.25, 0.3) is 10.9 Å². The molecule has 20 heavy (non-hydrogen) atoms. The molecule has 2 unspecified atom stereocenters. The highest BCUT2D eigenvalue weighted by molar-refractivity contribution is 6.18. The lowest BCUT2D eigenvalue weighted by Crippen LogP contribution is -2.39. The van der Waals surface area contributed by atoms with Crippen LogP contribution < -0.4 is 5.32 Å². The molecule has 1 heterocycles. The third-order valence-electron chi connectivity index (χ3n) is 4.38. The first-order chi connectivity index (χ1) is 9.88. The average Bonchev–Trinajstić information content (AvgIpc) is 2.53. The standard InChI is InChI=1S/C17H21ClN2/c18-11-14-5-1-2-9-16(14)20-12-15-7-3-6-13-8-4-10-19-17(13)15/h3-4,6-8,10,14,16,20H,1-2,5,9,11-12H2. The fourth-order valence-electron chi connectivity index (χ4n) is 3.21. The summed E-state index contributed by atoms with van der Waals surface area (Å²) in [6.07, 6.45) is 7.02. The van der Waals surface area contributed by atoms with Gasteiger partial charge in [-0.25, -0.2) is 0 Å². The highest BCUT2D eigenvalue weighted by atomic mass is 35.5. The second-order valence-electron chi connectivity index (χ2n) is 5.68. The lowest BCUT2D eigenvalue weighted by atomic mass is 9.85. The van der Waals surface area contributed by atoms with Gasteiger partial charge in [-0.05, 0) is 30.4 Å². The number of halogens is 1. The molecule has 3 heteroatoms. The van der Waals surface area contributed by atoms with Crippen LogP contribution in [0.15, 0.2) is 36.5 Å². The Balaban J connectivity index is 1.73. The molecule has 1 aliphatic carbocycles. The van der Waals surface area contributed by atoms with Crippen molar-refractivity contribution in [1.29, 1.82) is 0 Å². The van der Waals surface area contributed by atoms with Gasteiger partial charge in [-0.2, -0.15) is 0 Å². The summed E-state index contributed by atoms with van der Waals surface area (Å²) in [5.41, 5.74) is 2.39. The van der Waals surface area contributed by atoms with Crippen LogP contribution in [0.5, 0.6) is 0 Å². The van der Waals surface area contributed by atoms with Gasteiger partial charge in [-0.3, -0.25) is 4.98 Å². The molecule has 106 valence electrons. The molecule has 1 aromatic carbocycles. The van der Waals surface area contributed by atoms with Crippen molar-refractivity contribution in [3.05, 3.63) is 42.1 Å². The fourth-order valence-corrected chi connectivity index (χ4v) is 3.58. The minimum atomic E-state index is 0.556. The molecule has 1 saturated carbocycles. The van der Waals surface area contributed by atoms with Crippen LogP contribution in [-0.2, 0) is 6.54 Å². The van der Waals surface area contributed by atoms with Gasteiger partial charge in [0.05, 0.1) is 5.52 Å². The van der Waals surface area contributed by atoms with Crippen LogP contribution in [0.1, 0.15) is 31.2 Å². The number of nitrogens with zero attached hydrogens (tertiary/aromatic N) is 1. The summed E-state index contributed by atoms with van der Waals surface area (Å²) >= 11 is 6.10. The quantitative estimate of drug-likeness (QED) is 0.856. The van der Waals surface area contributed by atoms with Gasteiger partial charge in [0.25, 0.3) is 0 Å². The Morgan fingerprint density at radius 1 is 1.15 bits per heavy atom. The second kappa shape index (κ2) is 6.55. The lowest BCUT2D eigenvalue weighted by Gasteiger charge is -2.31. The second-order valence-corrected chi connectivity index (χ2v) is 5.99. The molecule has 0 saturated heterocycles. The summed E-state index contributed by atoms with van der Waals surface area (Å²) in [6, 6.07) is 11.1. The summed E-state index contributed by atoms with van der Waals surface area (Å²) in [7, 11) is 0. The number of pyridine rings is 1. The van der Waals surface area contributed by atoms with Crippen LogP contribution in [0.4, 0.5) is 0 Å². The molecular formula is C17H21ClN2. The third-order valence-corrected chi connectivity index (χ3v) is 4.77. The molecule has 0 bridgehead atoms. The van der Waals surface area contributed by atoms with E-state index in [-0.39, 0.29) is 0 Å². The number of fused-ring (bicyclic) bond motifs is 1. The van der Waals surface area contributed by atoms with Gasteiger partial charge in [-0.1, -0.05) is 37.1 Å². The van der Waals surface area contributed by atoms with E-state index in [1.165, 1.54) is 36.6 Å². The zero-order valence-corrected chi connectivity index (χ0v) is 12.4. The molecule has 2 atom stereocenters. The molecular weight excluding hydrogens is 268 g/mol. The third kappa shape index (κ3) is 2.97. The number of benzene rings is 1. The van der Waals surface area contributed by atoms with E-state index in [1.54, 1.807) is 0 Å². The van der Waals surface area contributed by atoms with Crippen molar-refractivity contribution in [1.82, 2.24) is 10.3 Å². The largest absolute Gasteiger partial charge is 0.310 e. The minimum Gasteiger partial charge on any atom is -0.310 e. The number of nitrogens with one attached hydrogen (secondary N) is 1. The van der Waals surface area contributed by atoms with Crippen molar-refractivity contribution >= 4 is 22.5 Å². The van der Waals surface area contributed by atoms with Gasteiger partial charge in [0.15, 0.2) is 0 Å². The smallest absolute Gasteiger partial charge is 0.0746 e. The van der Waals surface area contributed by atoms with E-state index in [0.29, 0.717) is 12.0 Å². The van der Waals surface area contributed by atoms with Crippen LogP contribution in [-0.4, -0.2) is 16.9 Å². The highest BCUT2D eigenvalue weighted by Gasteiger charge is 2.23. The molecule has 1 fully saturated rings. The first-order valence-corrected chi connectivity index (χ1v) is 8.04. The summed E-state index contributed by atoms with van der Waals surface area (Å²) in [5, 5.41) is 4.92. The molecule has 0 radical (unpaired) electrons. The summed E-state index contributed by atoms with van der Waals surface area (Å²) in [6.45, 7) is 0.881. The number of rotatable bonds is 4. The molecule has 0 spiro atoms. The number of hydrogen-bond acceptors (Lipinski definition) is 2. The molecule has 1 N–H and O–H groups in total. The number of aromatic nitrogens is 1. The summed E-state index contributed by atoms with van der Waals surface area (Å²) in [4.78, 5) is 4.52. The Morgan fingerprint density at radius 3 is 2.90 bits per heavy atom. The number of hydrogen-bond donors (Lipinski definition) is 1. The van der Waals surface area contributed by atoms with Gasteiger partial charge in [-0.15, -0.1) is 11.6 Å². The van der Waals surface area contributed by atoms with Crippen molar-refractivity contribution in [2.45, 2.75) is 38.3 Å². The molecule has 2 nitrogen and oxygen atoms in total. The van der Waals surface area contributed by atoms with E-state index in [1.807, 2.05) is 12.3 Å². The fraction of sp³-hybridized carbons (Fsp3) is 0.471. The Kier molecular flexibility index (Phi) is 4.54. The van der Waals surface area contributed by atoms with E-state index < -0.39 is 0 Å². The van der Waals surface area contributed by atoms with Crippen molar-refractivity contribution in [2.24, 2.45) is 5.92 Å². The first-order valence-electron chi connectivity index (χ1n) is 7.50. The predicted octanol–water partition coefficient (Wildman–Crippen LogP) is 4.12. The van der Waals surface area contributed by atoms with Crippen molar-refractivity contribution in [3.63, 3.8) is 0 Å². The number of para-hydroxylation sites is 1. The normalized spacial score (nSPS) is 23.1. The molecule has 0 amide bonds. The minimum absolute atomic E-state index is 0.556. The Bertz CT molecular complexity index is 564. The SMILES string of the molecule is ClCC1CCCCC1NCc1cccc2cccnc12. The van der Waals surface area contributed by atoms with Crippen LogP contribution >= 0.6 is 11.6 Å². The maximum Gasteiger partial charge on any atom is 0.0746 e. The van der Waals surface area contributed by atoms with Crippen molar-refractivity contribution in [2.75, 3.05) is 5.88 Å². The van der Waals surface area contributed by atoms with E-state index in [2.05, 4.69) is 34.6 Å². The van der Waals surface area contributed by atoms with Gasteiger partial charge in [0.1, 0.15) is 0 Å². The van der Waals surface area contributed by atoms with Gasteiger partial charge >= 0.3 is 0 Å². The van der Waals surface area contributed by atoms with E-state index in [0.717, 1.165) is 17.9 Å². The monoisotopic (exact) mass is 288 g/mol. The average molecular weight is 289 g/mol. The zero-order chi connectivity index (χ0) is 13.8. The molecule has 3 rings (SSSR count). The van der Waals surface area contributed by atoms with Gasteiger partial charge < -0.3 is 5.32 Å². The zero-order valence-electron chi connectivity index (χ0n) is 11.7. The Morgan fingerprint density at radius 2 is 2.00 bits per heavy atom. The van der Waals surface area contributed by atoms with Crippen LogP contribution in [0.3, 0.4) is 0 Å². The lowest BCUT2D eigenvalue weighted by molar-refractivity contribution is 0.282. The summed E-state index contributed by atoms with van der Waals surface area (Å²) < 4.78 is 0. The molecule has 0 aliphatic heterocycles. The maximum absolute atomic E-state index is 6.10. The predicted molar refractivity (Wildman–Crippen MR) is 85.0 cm³/mol. The van der Waals surface area contributed by atoms with Gasteiger partial charge in [0, 0.05) is 30.0 Å². The van der Waals surface area contributed by atoms with Crippen LogP contribution in [0.2, 0.25) is 0 Å². The number of alkyl halides is 1. The van der Waals surface area contributed by atoms with E-state index >= 15 is 0 Å². The van der Waals surface area contributed by atoms with E-state index in [9.17, 15) is 0 Å². The maximum atomic E-state index is 6.10. The van der Waals surface area contributed by atoms with Crippen molar-refractivity contribution < 1.29 is 0 Å². The van der Waals surface area contributed by atoms with Crippen LogP contribution in [0, 0.1) is 5.92 Å². The molecule has 2 aromatic rings. The van der Waals surface area contributed by atoms with E-state index in [4.69, 9.17) is 11.6 Å². The highest BCUT2D eigenvalue weighted by Crippen LogP contribution is 2.26. The molecule has 1 aromatic heterocycles. The summed E-state index contributed by atoms with van der Waals surface area (Å²) in [5.74, 6) is 1.39. The Labute approximate surface area is 125 Å². The first kappa shape index (κ1) is 13.8. The van der Waals surface area contributed by atoms with Gasteiger partial charge in [0.2, 0.25) is 0 Å². The van der Waals surface area contributed by atoms with Crippen molar-refractivity contribution in [3.8, 4) is 0 Å². The Hall–Kier alpha value is -1.12. The topological polar surface area (TPSA) is 24.9 Å².